The molecule has 0 bridgehead atoms. The van der Waals surface area contributed by atoms with E-state index >= 15 is 0 Å². The molecular formula is C25H19N5O. The molecule has 150 valence electrons. The zero-order valence-electron chi connectivity index (χ0n) is 16.8. The van der Waals surface area contributed by atoms with Gasteiger partial charge in [0, 0.05) is 11.1 Å². The van der Waals surface area contributed by atoms with Crippen LogP contribution in [0.25, 0.3) is 22.4 Å². The molecule has 0 saturated carbocycles. The largest absolute Gasteiger partial charge is 0.290 e. The Kier molecular flexibility index (Phi) is 5.68. The molecule has 0 saturated heterocycles. The molecule has 0 radical (unpaired) electrons. The lowest BCUT2D eigenvalue weighted by Gasteiger charge is -2.07. The first-order valence-corrected chi connectivity index (χ1v) is 9.70. The zero-order chi connectivity index (χ0) is 21.6. The van der Waals surface area contributed by atoms with Gasteiger partial charge in [0.25, 0.3) is 5.56 Å². The first-order valence-electron chi connectivity index (χ1n) is 9.70. The molecule has 4 rings (SSSR count). The Bertz CT molecular complexity index is 1330. The van der Waals surface area contributed by atoms with Crippen molar-refractivity contribution in [1.82, 2.24) is 9.97 Å². The minimum absolute atomic E-state index is 0.0366. The number of aryl methyl sites for hydroxylation is 1. The van der Waals surface area contributed by atoms with Gasteiger partial charge in [0.2, 0.25) is 5.95 Å². The molecule has 0 aliphatic heterocycles. The van der Waals surface area contributed by atoms with Crippen LogP contribution in [0.4, 0.5) is 5.95 Å². The fourth-order valence-corrected chi connectivity index (χ4v) is 3.20. The van der Waals surface area contributed by atoms with Gasteiger partial charge in [0.15, 0.2) is 0 Å². The Labute approximate surface area is 179 Å². The average Bonchev–Trinajstić information content (AvgIpc) is 2.80. The molecule has 4 aromatic rings. The summed E-state index contributed by atoms with van der Waals surface area (Å²) in [5, 5.41) is 13.6. The first-order chi connectivity index (χ1) is 15.2. The molecule has 0 aliphatic rings. The summed E-state index contributed by atoms with van der Waals surface area (Å²) >= 11 is 0. The van der Waals surface area contributed by atoms with Crippen molar-refractivity contribution in [3.8, 4) is 28.5 Å². The summed E-state index contributed by atoms with van der Waals surface area (Å²) in [7, 11) is 0. The molecule has 1 aromatic heterocycles. The van der Waals surface area contributed by atoms with Crippen LogP contribution in [0.2, 0.25) is 0 Å². The van der Waals surface area contributed by atoms with Crippen molar-refractivity contribution in [2.24, 2.45) is 5.10 Å². The third-order valence-corrected chi connectivity index (χ3v) is 4.78. The molecule has 0 atom stereocenters. The minimum atomic E-state index is -0.519. The lowest BCUT2D eigenvalue weighted by Crippen LogP contribution is -2.16. The third kappa shape index (κ3) is 4.41. The Balaban J connectivity index is 1.64. The zero-order valence-corrected chi connectivity index (χ0v) is 16.8. The smallest absolute Gasteiger partial charge is 0.270 e. The normalized spacial score (nSPS) is 10.7. The highest BCUT2D eigenvalue weighted by atomic mass is 16.1. The van der Waals surface area contributed by atoms with Gasteiger partial charge >= 0.3 is 0 Å². The second kappa shape index (κ2) is 8.89. The maximum absolute atomic E-state index is 12.4. The van der Waals surface area contributed by atoms with Gasteiger partial charge in [-0.05, 0) is 18.1 Å². The number of nitriles is 1. The number of hydrogen-bond donors (Lipinski definition) is 2. The van der Waals surface area contributed by atoms with Crippen molar-refractivity contribution in [3.05, 3.63) is 106 Å². The van der Waals surface area contributed by atoms with Crippen LogP contribution in [0.15, 0.2) is 88.8 Å². The number of nitrogens with one attached hydrogen (secondary N) is 2. The molecule has 0 amide bonds. The summed E-state index contributed by atoms with van der Waals surface area (Å²) in [5.74, 6) is 0.159. The predicted molar refractivity (Wildman–Crippen MR) is 123 cm³/mol. The highest BCUT2D eigenvalue weighted by Crippen LogP contribution is 2.23. The van der Waals surface area contributed by atoms with E-state index in [1.165, 1.54) is 5.56 Å². The van der Waals surface area contributed by atoms with Crippen molar-refractivity contribution < 1.29 is 0 Å². The van der Waals surface area contributed by atoms with Crippen LogP contribution in [-0.4, -0.2) is 16.2 Å². The van der Waals surface area contributed by atoms with Crippen LogP contribution < -0.4 is 11.0 Å². The maximum atomic E-state index is 12.4. The van der Waals surface area contributed by atoms with Crippen molar-refractivity contribution >= 4 is 12.2 Å². The van der Waals surface area contributed by atoms with E-state index in [0.29, 0.717) is 11.3 Å². The van der Waals surface area contributed by atoms with Gasteiger partial charge in [-0.1, -0.05) is 84.4 Å². The lowest BCUT2D eigenvalue weighted by atomic mass is 9.99. The van der Waals surface area contributed by atoms with E-state index in [2.05, 4.69) is 51.7 Å². The van der Waals surface area contributed by atoms with E-state index < -0.39 is 5.56 Å². The molecule has 0 spiro atoms. The van der Waals surface area contributed by atoms with Gasteiger partial charge in [0.05, 0.1) is 11.9 Å². The second-order valence-corrected chi connectivity index (χ2v) is 6.94. The van der Waals surface area contributed by atoms with Gasteiger partial charge < -0.3 is 0 Å². The molecular weight excluding hydrogens is 386 g/mol. The summed E-state index contributed by atoms with van der Waals surface area (Å²) in [6.45, 7) is 2.05. The van der Waals surface area contributed by atoms with Gasteiger partial charge in [-0.2, -0.15) is 10.4 Å². The summed E-state index contributed by atoms with van der Waals surface area (Å²) in [6.07, 6.45) is 1.68. The van der Waals surface area contributed by atoms with E-state index in [9.17, 15) is 10.1 Å². The molecule has 1 heterocycles. The molecule has 2 N–H and O–H groups in total. The van der Waals surface area contributed by atoms with Crippen LogP contribution in [0.5, 0.6) is 0 Å². The topological polar surface area (TPSA) is 93.9 Å². The van der Waals surface area contributed by atoms with Gasteiger partial charge in [-0.3, -0.25) is 9.78 Å². The fraction of sp³-hybridized carbons (Fsp3) is 0.0400. The lowest BCUT2D eigenvalue weighted by molar-refractivity contribution is 1.08. The Morgan fingerprint density at radius 2 is 1.68 bits per heavy atom. The standard InChI is InChI=1S/C25H19N5O/c1-17-11-13-18(14-12-17)21-10-6-5-9-20(21)16-27-30-25-28-23(19-7-3-2-4-8-19)22(15-26)24(31)29-25/h2-14,16H,1H3,(H2,28,29,30,31). The molecule has 6 heteroatoms. The summed E-state index contributed by atoms with van der Waals surface area (Å²) in [4.78, 5) is 19.3. The number of rotatable bonds is 5. The summed E-state index contributed by atoms with van der Waals surface area (Å²) < 4.78 is 0. The van der Waals surface area contributed by atoms with Crippen LogP contribution in [0, 0.1) is 18.3 Å². The number of hydrogen-bond acceptors (Lipinski definition) is 5. The van der Waals surface area contributed by atoms with Crippen molar-refractivity contribution in [2.75, 3.05) is 5.43 Å². The van der Waals surface area contributed by atoms with E-state index in [4.69, 9.17) is 0 Å². The van der Waals surface area contributed by atoms with E-state index in [0.717, 1.165) is 16.7 Å². The van der Waals surface area contributed by atoms with Crippen LogP contribution in [0.3, 0.4) is 0 Å². The monoisotopic (exact) mass is 405 g/mol. The second-order valence-electron chi connectivity index (χ2n) is 6.94. The molecule has 0 fully saturated rings. The summed E-state index contributed by atoms with van der Waals surface area (Å²) in [5.41, 5.74) is 7.45. The Morgan fingerprint density at radius 1 is 0.968 bits per heavy atom. The van der Waals surface area contributed by atoms with Crippen molar-refractivity contribution in [2.45, 2.75) is 6.92 Å². The molecule has 0 unspecified atom stereocenters. The third-order valence-electron chi connectivity index (χ3n) is 4.78. The van der Waals surface area contributed by atoms with Gasteiger partial charge in [0.1, 0.15) is 11.6 Å². The molecule has 6 nitrogen and oxygen atoms in total. The number of anilines is 1. The van der Waals surface area contributed by atoms with Gasteiger partial charge in [-0.15, -0.1) is 0 Å². The predicted octanol–water partition coefficient (Wildman–Crippen LogP) is 4.73. The number of nitrogens with zero attached hydrogens (tertiary/aromatic N) is 3. The van der Waals surface area contributed by atoms with E-state index in [1.807, 2.05) is 48.5 Å². The Morgan fingerprint density at radius 3 is 2.42 bits per heavy atom. The number of H-pyrrole nitrogens is 1. The minimum Gasteiger partial charge on any atom is -0.290 e. The summed E-state index contributed by atoms with van der Waals surface area (Å²) in [6, 6.07) is 27.2. The Hall–Kier alpha value is -4.50. The number of hydrazone groups is 1. The van der Waals surface area contributed by atoms with Crippen LogP contribution in [0.1, 0.15) is 16.7 Å². The van der Waals surface area contributed by atoms with Gasteiger partial charge in [-0.25, -0.2) is 10.4 Å². The SMILES string of the molecule is Cc1ccc(-c2ccccc2C=NNc2nc(-c3ccccc3)c(C#N)c(=O)[nH]2)cc1. The molecule has 0 aliphatic carbocycles. The highest BCUT2D eigenvalue weighted by molar-refractivity contribution is 5.90. The van der Waals surface area contributed by atoms with Crippen LogP contribution in [-0.2, 0) is 0 Å². The van der Waals surface area contributed by atoms with Crippen molar-refractivity contribution in [1.29, 1.82) is 5.26 Å². The fourth-order valence-electron chi connectivity index (χ4n) is 3.20. The molecule has 31 heavy (non-hydrogen) atoms. The maximum Gasteiger partial charge on any atom is 0.270 e. The quantitative estimate of drug-likeness (QED) is 0.371. The van der Waals surface area contributed by atoms with Crippen LogP contribution >= 0.6 is 0 Å². The number of aromatic amines is 1. The number of benzene rings is 3. The average molecular weight is 405 g/mol. The van der Waals surface area contributed by atoms with Crippen molar-refractivity contribution in [3.63, 3.8) is 0 Å². The molecule has 3 aromatic carbocycles. The first kappa shape index (κ1) is 19.8. The van der Waals surface area contributed by atoms with E-state index in [1.54, 1.807) is 18.3 Å². The number of aromatic nitrogens is 2. The highest BCUT2D eigenvalue weighted by Gasteiger charge is 2.12. The van der Waals surface area contributed by atoms with E-state index in [-0.39, 0.29) is 11.5 Å².